The average molecular weight is 392 g/mol. The first-order chi connectivity index (χ1) is 12.8. The van der Waals surface area contributed by atoms with E-state index in [1.165, 1.54) is 18.7 Å². The highest BCUT2D eigenvalue weighted by molar-refractivity contribution is 6.30. The maximum atomic E-state index is 12.9. The molecule has 8 nitrogen and oxygen atoms in total. The topological polar surface area (TPSA) is 99.4 Å². The number of halogens is 1. The Hall–Kier alpha value is -2.87. The second-order valence-electron chi connectivity index (χ2n) is 6.22. The van der Waals surface area contributed by atoms with Crippen molar-refractivity contribution in [3.8, 4) is 0 Å². The second-order valence-corrected chi connectivity index (χ2v) is 6.65. The predicted octanol–water partition coefficient (Wildman–Crippen LogP) is 1.00. The molecule has 2 aromatic rings. The number of ether oxygens (including phenoxy) is 1. The van der Waals surface area contributed by atoms with Gasteiger partial charge in [-0.3, -0.25) is 23.5 Å². The van der Waals surface area contributed by atoms with Gasteiger partial charge in [0, 0.05) is 25.0 Å². The number of benzene rings is 1. The standard InChI is InChI=1S/C18H18ClN3O5/c1-4-27-17(25)13-11(9-5-7-10(19)8-6-9)12-14(20-15(13)23)21(2)18(26)22(3)16(12)24/h5-8,11,13H,4H2,1-3H3,(H,20,23)/t11-,13+/m1/s1. The molecular formula is C18H18ClN3O5. The predicted molar refractivity (Wildman–Crippen MR) is 99.0 cm³/mol. The summed E-state index contributed by atoms with van der Waals surface area (Å²) in [5.74, 6) is -3.46. The number of aromatic nitrogens is 2. The molecule has 1 amide bonds. The fraction of sp³-hybridized carbons (Fsp3) is 0.333. The number of carbonyl (C=O) groups excluding carboxylic acids is 2. The Balaban J connectivity index is 2.34. The summed E-state index contributed by atoms with van der Waals surface area (Å²) in [6, 6.07) is 6.51. The van der Waals surface area contributed by atoms with Crippen LogP contribution in [0.3, 0.4) is 0 Å². The molecule has 0 saturated carbocycles. The Morgan fingerprint density at radius 1 is 1.15 bits per heavy atom. The maximum Gasteiger partial charge on any atom is 0.332 e. The van der Waals surface area contributed by atoms with Crippen LogP contribution >= 0.6 is 11.6 Å². The van der Waals surface area contributed by atoms with Crippen LogP contribution in [-0.4, -0.2) is 27.6 Å². The molecule has 3 rings (SSSR count). The van der Waals surface area contributed by atoms with Crippen LogP contribution in [0.5, 0.6) is 0 Å². The Labute approximate surface area is 159 Å². The van der Waals surface area contributed by atoms with E-state index in [2.05, 4.69) is 5.32 Å². The molecule has 0 spiro atoms. The van der Waals surface area contributed by atoms with Crippen molar-refractivity contribution in [3.05, 3.63) is 61.3 Å². The van der Waals surface area contributed by atoms with Crippen molar-refractivity contribution in [2.24, 2.45) is 20.0 Å². The van der Waals surface area contributed by atoms with Crippen LogP contribution in [0.25, 0.3) is 0 Å². The number of anilines is 1. The van der Waals surface area contributed by atoms with Gasteiger partial charge >= 0.3 is 11.7 Å². The molecule has 27 heavy (non-hydrogen) atoms. The van der Waals surface area contributed by atoms with Crippen molar-refractivity contribution in [3.63, 3.8) is 0 Å². The van der Waals surface area contributed by atoms with Crippen molar-refractivity contribution in [1.82, 2.24) is 9.13 Å². The third-order valence-electron chi connectivity index (χ3n) is 4.64. The number of hydrogen-bond acceptors (Lipinski definition) is 5. The number of nitrogens with zero attached hydrogens (tertiary/aromatic N) is 2. The summed E-state index contributed by atoms with van der Waals surface area (Å²) >= 11 is 5.95. The third-order valence-corrected chi connectivity index (χ3v) is 4.89. The summed E-state index contributed by atoms with van der Waals surface area (Å²) in [6.45, 7) is 1.72. The Bertz CT molecular complexity index is 1040. The van der Waals surface area contributed by atoms with Crippen LogP contribution < -0.4 is 16.6 Å². The Morgan fingerprint density at radius 3 is 2.37 bits per heavy atom. The highest BCUT2D eigenvalue weighted by Gasteiger charge is 2.45. The van der Waals surface area contributed by atoms with Crippen molar-refractivity contribution in [2.75, 3.05) is 11.9 Å². The average Bonchev–Trinajstić information content (AvgIpc) is 2.64. The zero-order valence-corrected chi connectivity index (χ0v) is 15.7. The minimum Gasteiger partial charge on any atom is -0.465 e. The Morgan fingerprint density at radius 2 is 1.78 bits per heavy atom. The minimum absolute atomic E-state index is 0.0774. The molecule has 1 aliphatic heterocycles. The molecule has 1 N–H and O–H groups in total. The van der Waals surface area contributed by atoms with Crippen molar-refractivity contribution in [1.29, 1.82) is 0 Å². The van der Waals surface area contributed by atoms with Crippen LogP contribution in [0.15, 0.2) is 33.9 Å². The van der Waals surface area contributed by atoms with Gasteiger partial charge in [0.1, 0.15) is 11.7 Å². The number of amides is 1. The van der Waals surface area contributed by atoms with Gasteiger partial charge in [0.25, 0.3) is 5.56 Å². The summed E-state index contributed by atoms with van der Waals surface area (Å²) in [6.07, 6.45) is 0. The van der Waals surface area contributed by atoms with Gasteiger partial charge in [-0.25, -0.2) is 4.79 Å². The number of fused-ring (bicyclic) bond motifs is 1. The lowest BCUT2D eigenvalue weighted by Crippen LogP contribution is -2.49. The summed E-state index contributed by atoms with van der Waals surface area (Å²) in [4.78, 5) is 50.4. The maximum absolute atomic E-state index is 12.9. The van der Waals surface area contributed by atoms with Crippen molar-refractivity contribution < 1.29 is 14.3 Å². The fourth-order valence-electron chi connectivity index (χ4n) is 3.32. The molecule has 0 bridgehead atoms. The summed E-state index contributed by atoms with van der Waals surface area (Å²) in [5.41, 5.74) is -0.463. The van der Waals surface area contributed by atoms with Gasteiger partial charge < -0.3 is 10.1 Å². The smallest absolute Gasteiger partial charge is 0.332 e. The monoisotopic (exact) mass is 391 g/mol. The lowest BCUT2D eigenvalue weighted by atomic mass is 9.78. The number of hydrogen-bond donors (Lipinski definition) is 1. The van der Waals surface area contributed by atoms with E-state index >= 15 is 0 Å². The molecule has 1 aromatic carbocycles. The molecule has 1 aliphatic rings. The first-order valence-electron chi connectivity index (χ1n) is 8.30. The van der Waals surface area contributed by atoms with Gasteiger partial charge in [-0.05, 0) is 24.6 Å². The van der Waals surface area contributed by atoms with E-state index in [9.17, 15) is 19.2 Å². The summed E-state index contributed by atoms with van der Waals surface area (Å²) < 4.78 is 7.19. The molecule has 142 valence electrons. The number of carbonyl (C=O) groups is 2. The van der Waals surface area contributed by atoms with Gasteiger partial charge in [-0.1, -0.05) is 23.7 Å². The van der Waals surface area contributed by atoms with Crippen molar-refractivity contribution >= 4 is 29.3 Å². The zero-order valence-electron chi connectivity index (χ0n) is 15.0. The highest BCUT2D eigenvalue weighted by atomic mass is 35.5. The molecule has 0 aliphatic carbocycles. The van der Waals surface area contributed by atoms with Crippen LogP contribution in [0.4, 0.5) is 5.82 Å². The molecule has 0 saturated heterocycles. The highest BCUT2D eigenvalue weighted by Crippen LogP contribution is 2.39. The lowest BCUT2D eigenvalue weighted by Gasteiger charge is -2.32. The quantitative estimate of drug-likeness (QED) is 0.621. The van der Waals surface area contributed by atoms with E-state index in [0.717, 1.165) is 4.57 Å². The van der Waals surface area contributed by atoms with Crippen LogP contribution in [0.1, 0.15) is 24.0 Å². The molecule has 2 heterocycles. The van der Waals surface area contributed by atoms with E-state index in [1.807, 2.05) is 0 Å². The first-order valence-corrected chi connectivity index (χ1v) is 8.68. The largest absolute Gasteiger partial charge is 0.465 e. The van der Waals surface area contributed by atoms with E-state index < -0.39 is 35.0 Å². The van der Waals surface area contributed by atoms with Gasteiger partial charge in [0.05, 0.1) is 12.2 Å². The number of esters is 1. The molecule has 1 aromatic heterocycles. The van der Waals surface area contributed by atoms with Gasteiger partial charge in [-0.15, -0.1) is 0 Å². The molecule has 9 heteroatoms. The lowest BCUT2D eigenvalue weighted by molar-refractivity contribution is -0.151. The third kappa shape index (κ3) is 3.06. The van der Waals surface area contributed by atoms with Gasteiger partial charge in [0.15, 0.2) is 0 Å². The summed E-state index contributed by atoms with van der Waals surface area (Å²) in [7, 11) is 2.80. The SMILES string of the molecule is CCOC(=O)[C@@H]1C(=O)Nc2c(c(=O)n(C)c(=O)n2C)[C@H]1c1ccc(Cl)cc1. The summed E-state index contributed by atoms with van der Waals surface area (Å²) in [5, 5.41) is 2.99. The molecule has 0 radical (unpaired) electrons. The zero-order chi connectivity index (χ0) is 19.9. The molecule has 0 fully saturated rings. The van der Waals surface area contributed by atoms with Crippen LogP contribution in [0.2, 0.25) is 5.02 Å². The minimum atomic E-state index is -1.26. The number of rotatable bonds is 3. The van der Waals surface area contributed by atoms with Crippen molar-refractivity contribution in [2.45, 2.75) is 12.8 Å². The Kier molecular flexibility index (Phi) is 4.93. The number of nitrogens with one attached hydrogen (secondary N) is 1. The molecule has 0 unspecified atom stereocenters. The van der Waals surface area contributed by atoms with Crippen LogP contribution in [-0.2, 0) is 28.4 Å². The van der Waals surface area contributed by atoms with Gasteiger partial charge in [-0.2, -0.15) is 0 Å². The second kappa shape index (κ2) is 7.03. The van der Waals surface area contributed by atoms with Gasteiger partial charge in [0.2, 0.25) is 5.91 Å². The fourth-order valence-corrected chi connectivity index (χ4v) is 3.44. The van der Waals surface area contributed by atoms with E-state index in [1.54, 1.807) is 31.2 Å². The molecule has 2 atom stereocenters. The van der Waals surface area contributed by atoms with E-state index in [-0.39, 0.29) is 18.0 Å². The van der Waals surface area contributed by atoms with E-state index in [0.29, 0.717) is 10.6 Å². The normalized spacial score (nSPS) is 18.6. The first kappa shape index (κ1) is 18.9. The molecular weight excluding hydrogens is 374 g/mol. The van der Waals surface area contributed by atoms with E-state index in [4.69, 9.17) is 16.3 Å². The van der Waals surface area contributed by atoms with Crippen LogP contribution in [0, 0.1) is 5.92 Å².